The first-order valence-electron chi connectivity index (χ1n) is 8.80. The van der Waals surface area contributed by atoms with Crippen molar-refractivity contribution in [3.63, 3.8) is 0 Å². The van der Waals surface area contributed by atoms with Crippen molar-refractivity contribution in [2.24, 2.45) is 20.5 Å². The molecule has 0 aliphatic rings. The second-order valence-corrected chi connectivity index (χ2v) is 7.73. The molecule has 13 nitrogen and oxygen atoms in total. The van der Waals surface area contributed by atoms with Crippen molar-refractivity contribution in [1.29, 1.82) is 0 Å². The fourth-order valence-electron chi connectivity index (χ4n) is 2.45. The standard InChI is InChI=1S/C19H13N5O8S.Na/c25-18-16(19(26)27)9-13(22-20-12-3-7-15(8-4-12)33(30,31)32)10-17(18)23-21-11-1-5-14(6-2-11)24(28)29;/h1-10,25H,(H,26,27)(H,30,31,32);/q;+1. The molecule has 0 spiro atoms. The number of carboxylic acids is 1. The van der Waals surface area contributed by atoms with E-state index in [9.17, 15) is 33.5 Å². The summed E-state index contributed by atoms with van der Waals surface area (Å²) >= 11 is 0. The maximum atomic E-state index is 11.5. The van der Waals surface area contributed by atoms with E-state index in [0.29, 0.717) is 0 Å². The van der Waals surface area contributed by atoms with Gasteiger partial charge in [0.1, 0.15) is 11.3 Å². The number of benzene rings is 3. The average Bonchev–Trinajstić information content (AvgIpc) is 2.77. The van der Waals surface area contributed by atoms with Gasteiger partial charge < -0.3 is 10.2 Å². The maximum absolute atomic E-state index is 11.5. The van der Waals surface area contributed by atoms with E-state index >= 15 is 0 Å². The monoisotopic (exact) mass is 494 g/mol. The van der Waals surface area contributed by atoms with Crippen LogP contribution in [0.5, 0.6) is 5.75 Å². The van der Waals surface area contributed by atoms with Crippen LogP contribution in [0.1, 0.15) is 10.4 Å². The summed E-state index contributed by atoms with van der Waals surface area (Å²) in [4.78, 5) is 21.2. The number of nitro benzene ring substituents is 1. The Hall–Kier alpha value is -3.56. The largest absolute Gasteiger partial charge is 1.00 e. The van der Waals surface area contributed by atoms with Crippen molar-refractivity contribution < 1.29 is 62.5 Å². The fourth-order valence-corrected chi connectivity index (χ4v) is 2.93. The molecule has 0 aliphatic heterocycles. The first kappa shape index (κ1) is 26.7. The molecule has 0 amide bonds. The first-order chi connectivity index (χ1) is 15.5. The number of hydrogen-bond acceptors (Lipinski definition) is 10. The minimum atomic E-state index is -4.37. The van der Waals surface area contributed by atoms with Gasteiger partial charge in [0.25, 0.3) is 15.8 Å². The van der Waals surface area contributed by atoms with E-state index in [1.807, 2.05) is 0 Å². The number of non-ortho nitro benzene ring substituents is 1. The third-order valence-electron chi connectivity index (χ3n) is 4.05. The van der Waals surface area contributed by atoms with Gasteiger partial charge >= 0.3 is 35.5 Å². The average molecular weight is 494 g/mol. The molecule has 0 fully saturated rings. The molecule has 0 bridgehead atoms. The molecule has 0 radical (unpaired) electrons. The van der Waals surface area contributed by atoms with Gasteiger partial charge in [-0.2, -0.15) is 23.8 Å². The van der Waals surface area contributed by atoms with Gasteiger partial charge in [-0.1, -0.05) is 0 Å². The number of rotatable bonds is 7. The maximum Gasteiger partial charge on any atom is 1.00 e. The Morgan fingerprint density at radius 1 is 0.853 bits per heavy atom. The first-order valence-corrected chi connectivity index (χ1v) is 10.2. The molecule has 3 aromatic carbocycles. The third-order valence-corrected chi connectivity index (χ3v) is 4.92. The molecule has 0 atom stereocenters. The Balaban J connectivity index is 0.00000408. The van der Waals surface area contributed by atoms with Crippen molar-refractivity contribution in [3.8, 4) is 5.75 Å². The summed E-state index contributed by atoms with van der Waals surface area (Å²) in [7, 11) is -4.37. The molecular weight excluding hydrogens is 481 g/mol. The van der Waals surface area contributed by atoms with Crippen LogP contribution in [0.15, 0.2) is 86.0 Å². The number of nitrogens with zero attached hydrogens (tertiary/aromatic N) is 5. The molecule has 0 saturated carbocycles. The van der Waals surface area contributed by atoms with E-state index in [2.05, 4.69) is 20.5 Å². The predicted molar refractivity (Wildman–Crippen MR) is 113 cm³/mol. The molecule has 3 N–H and O–H groups in total. The smallest absolute Gasteiger partial charge is 0.505 e. The van der Waals surface area contributed by atoms with Crippen LogP contribution in [-0.2, 0) is 10.1 Å². The van der Waals surface area contributed by atoms with Crippen LogP contribution in [0.2, 0.25) is 0 Å². The number of hydrogen-bond donors (Lipinski definition) is 3. The van der Waals surface area contributed by atoms with E-state index in [1.54, 1.807) is 0 Å². The molecule has 3 aromatic rings. The van der Waals surface area contributed by atoms with E-state index in [0.717, 1.165) is 18.2 Å². The van der Waals surface area contributed by atoms with Crippen LogP contribution < -0.4 is 29.6 Å². The van der Waals surface area contributed by atoms with Gasteiger partial charge in [-0.25, -0.2) is 4.79 Å². The van der Waals surface area contributed by atoms with Crippen LogP contribution in [0, 0.1) is 10.1 Å². The van der Waals surface area contributed by atoms with Crippen LogP contribution in [0.4, 0.5) is 28.4 Å². The Bertz CT molecular complexity index is 1390. The second kappa shape index (κ2) is 11.0. The Labute approximate surface area is 213 Å². The molecule has 0 aliphatic carbocycles. The van der Waals surface area contributed by atoms with Gasteiger partial charge in [0, 0.05) is 12.1 Å². The number of phenols is 1. The summed E-state index contributed by atoms with van der Waals surface area (Å²) in [5, 5.41) is 45.6. The Kier molecular flexibility index (Phi) is 8.67. The van der Waals surface area contributed by atoms with Crippen LogP contribution in [0.25, 0.3) is 0 Å². The van der Waals surface area contributed by atoms with Crippen molar-refractivity contribution in [3.05, 3.63) is 76.3 Å². The third kappa shape index (κ3) is 6.72. The number of azo groups is 2. The second-order valence-electron chi connectivity index (χ2n) is 6.31. The minimum Gasteiger partial charge on any atom is -0.505 e. The molecule has 34 heavy (non-hydrogen) atoms. The summed E-state index contributed by atoms with van der Waals surface area (Å²) in [6.45, 7) is 0. The molecule has 0 unspecified atom stereocenters. The van der Waals surface area contributed by atoms with Crippen molar-refractivity contribution >= 4 is 44.5 Å². The molecule has 0 saturated heterocycles. The zero-order valence-electron chi connectivity index (χ0n) is 17.3. The summed E-state index contributed by atoms with van der Waals surface area (Å²) < 4.78 is 31.1. The number of aromatic hydroxyl groups is 1. The van der Waals surface area contributed by atoms with Crippen LogP contribution in [0.3, 0.4) is 0 Å². The van der Waals surface area contributed by atoms with Crippen LogP contribution >= 0.6 is 0 Å². The molecule has 15 heteroatoms. The van der Waals surface area contributed by atoms with Gasteiger partial charge in [0.2, 0.25) is 0 Å². The topological polar surface area (TPSA) is 204 Å². The van der Waals surface area contributed by atoms with Gasteiger partial charge in [-0.05, 0) is 48.5 Å². The number of aromatic carboxylic acids is 1. The summed E-state index contributed by atoms with van der Waals surface area (Å²) in [6.07, 6.45) is 0. The van der Waals surface area contributed by atoms with Gasteiger partial charge in [0.15, 0.2) is 5.75 Å². The van der Waals surface area contributed by atoms with E-state index in [-0.39, 0.29) is 62.9 Å². The van der Waals surface area contributed by atoms with Gasteiger partial charge in [0.05, 0.1) is 26.9 Å². The fraction of sp³-hybridized carbons (Fsp3) is 0. The predicted octanol–water partition coefficient (Wildman–Crippen LogP) is 2.08. The molecule has 0 aromatic heterocycles. The SMILES string of the molecule is O=C(O)c1cc(N=Nc2ccc(S(=O)(=O)O)cc2)cc(N=Nc2ccc([N+](=O)[O-])cc2)c1O.[Na+]. The zero-order valence-corrected chi connectivity index (χ0v) is 20.1. The number of nitro groups is 1. The molecule has 0 heterocycles. The number of carbonyl (C=O) groups is 1. The molecule has 168 valence electrons. The van der Waals surface area contributed by atoms with E-state index in [1.165, 1.54) is 42.5 Å². The normalized spacial score (nSPS) is 11.4. The minimum absolute atomic E-state index is 0. The summed E-state index contributed by atoms with van der Waals surface area (Å²) in [6, 6.07) is 12.0. The molecule has 3 rings (SSSR count). The quantitative estimate of drug-likeness (QED) is 0.145. The van der Waals surface area contributed by atoms with Crippen molar-refractivity contribution in [1.82, 2.24) is 0 Å². The summed E-state index contributed by atoms with van der Waals surface area (Å²) in [5.74, 6) is -2.14. The number of carboxylic acid groups (broad SMARTS) is 1. The van der Waals surface area contributed by atoms with Gasteiger partial charge in [-0.15, -0.1) is 5.11 Å². The summed E-state index contributed by atoms with van der Waals surface area (Å²) in [5.41, 5.74) is -0.530. The molecular formula is C19H13N5NaO8S+. The van der Waals surface area contributed by atoms with Gasteiger partial charge in [-0.3, -0.25) is 14.7 Å². The zero-order chi connectivity index (χ0) is 24.2. The van der Waals surface area contributed by atoms with E-state index < -0.39 is 32.3 Å². The Morgan fingerprint density at radius 2 is 1.35 bits per heavy atom. The van der Waals surface area contributed by atoms with Crippen LogP contribution in [-0.4, -0.2) is 34.1 Å². The van der Waals surface area contributed by atoms with E-state index in [4.69, 9.17) is 4.55 Å². The Morgan fingerprint density at radius 3 is 1.85 bits per heavy atom. The van der Waals surface area contributed by atoms with Crippen molar-refractivity contribution in [2.75, 3.05) is 0 Å². The van der Waals surface area contributed by atoms with Crippen molar-refractivity contribution in [2.45, 2.75) is 4.90 Å².